The highest BCUT2D eigenvalue weighted by Crippen LogP contribution is 2.22. The van der Waals surface area contributed by atoms with Gasteiger partial charge in [-0.05, 0) is 92.5 Å². The van der Waals surface area contributed by atoms with Gasteiger partial charge in [0.05, 0.1) is 12.4 Å². The smallest absolute Gasteiger partial charge is 0.328 e. The van der Waals surface area contributed by atoms with E-state index in [1.165, 1.54) is 15.1 Å². The Bertz CT molecular complexity index is 2440. The number of benzene rings is 4. The van der Waals surface area contributed by atoms with Crippen LogP contribution in [0.1, 0.15) is 11.1 Å². The van der Waals surface area contributed by atoms with Gasteiger partial charge in [0, 0.05) is 75.5 Å². The second-order valence-corrected chi connectivity index (χ2v) is 13.3. The molecule has 0 atom stereocenters. The molecule has 0 aliphatic carbocycles. The fourth-order valence-corrected chi connectivity index (χ4v) is 5.95. The summed E-state index contributed by atoms with van der Waals surface area (Å²) in [7, 11) is 3.46. The van der Waals surface area contributed by atoms with Crippen LogP contribution in [0.15, 0.2) is 183 Å². The van der Waals surface area contributed by atoms with Crippen LogP contribution in [0.25, 0.3) is 44.5 Å². The number of amides is 2. The molecule has 57 heavy (non-hydrogen) atoms. The summed E-state index contributed by atoms with van der Waals surface area (Å²) >= 11 is 5.41. The van der Waals surface area contributed by atoms with Gasteiger partial charge in [-0.3, -0.25) is 19.9 Å². The largest absolute Gasteiger partial charge is 0.344 e. The van der Waals surface area contributed by atoms with Crippen molar-refractivity contribution >= 4 is 23.0 Å². The number of halogens is 1. The molecule has 4 aromatic carbocycles. The van der Waals surface area contributed by atoms with Crippen LogP contribution in [-0.4, -0.2) is 65.2 Å². The maximum atomic E-state index is 12.8. The van der Waals surface area contributed by atoms with Gasteiger partial charge in [0.15, 0.2) is 0 Å². The number of aromatic nitrogens is 6. The minimum Gasteiger partial charge on any atom is -0.328 e. The van der Waals surface area contributed by atoms with Crippen LogP contribution < -0.4 is 0 Å². The molecule has 8 aromatic rings. The summed E-state index contributed by atoms with van der Waals surface area (Å²) in [6.45, 7) is 1.000. The average molecular weight is 773 g/mol. The molecule has 0 spiro atoms. The minimum absolute atomic E-state index is 0.170. The van der Waals surface area contributed by atoms with Gasteiger partial charge >= 0.3 is 11.4 Å². The quantitative estimate of drug-likeness (QED) is 0.122. The average Bonchev–Trinajstić information content (AvgIpc) is 4.00. The zero-order valence-corrected chi connectivity index (χ0v) is 32.3. The van der Waals surface area contributed by atoms with E-state index in [0.717, 1.165) is 50.1 Å². The lowest BCUT2D eigenvalue weighted by atomic mass is 10.0. The Morgan fingerprint density at radius 1 is 0.561 bits per heavy atom. The van der Waals surface area contributed by atoms with Gasteiger partial charge in [0.2, 0.25) is 0 Å². The predicted molar refractivity (Wildman–Crippen MR) is 226 cm³/mol. The second-order valence-electron chi connectivity index (χ2n) is 13.0. The van der Waals surface area contributed by atoms with Gasteiger partial charge in [-0.2, -0.15) is 14.9 Å². The summed E-state index contributed by atoms with van der Waals surface area (Å²) in [4.78, 5) is 34.9. The van der Waals surface area contributed by atoms with Crippen LogP contribution in [0.3, 0.4) is 0 Å². The van der Waals surface area contributed by atoms with Gasteiger partial charge < -0.3 is 9.80 Å². The first-order valence-electron chi connectivity index (χ1n) is 18.1. The standard InChI is InChI=1S/C23H20N4O.C14H13ClN2O.C9H8N2/c1-26(16-18-6-5-9-21(14-18)20-10-12-24-13-11-20)23(28)27-17-22(15-25-27)19-7-3-2-4-8-19;1-17(14(15)18)10-11-3-2-4-13(9-11)12-5-7-16-8-6-12;1-2-4-8(5-3-1)9-6-10-11-7-9/h2-15,17H,16H2,1H3;2-9H,10H2,1H3;1-7H,(H,10,11). The number of carbonyl (C=O) groups excluding carboxylic acids is 2. The summed E-state index contributed by atoms with van der Waals surface area (Å²) < 4.78 is 1.38. The third-order valence-corrected chi connectivity index (χ3v) is 9.13. The van der Waals surface area contributed by atoms with E-state index in [1.807, 2.05) is 122 Å². The molecular weight excluding hydrogens is 732 g/mol. The molecule has 1 N–H and O–H groups in total. The monoisotopic (exact) mass is 772 g/mol. The van der Waals surface area contributed by atoms with Gasteiger partial charge in [-0.1, -0.05) is 97.1 Å². The molecule has 4 aromatic heterocycles. The summed E-state index contributed by atoms with van der Waals surface area (Å²) in [6, 6.07) is 43.9. The first-order valence-corrected chi connectivity index (χ1v) is 18.5. The molecule has 8 rings (SSSR count). The molecule has 0 aliphatic rings. The molecule has 2 amide bonds. The zero-order chi connectivity index (χ0) is 39.8. The third kappa shape index (κ3) is 11.4. The van der Waals surface area contributed by atoms with Crippen LogP contribution in [0.5, 0.6) is 0 Å². The number of aromatic amines is 1. The number of hydrogen-bond acceptors (Lipinski definition) is 6. The van der Waals surface area contributed by atoms with Crippen molar-refractivity contribution in [1.29, 1.82) is 0 Å². The molecule has 0 fully saturated rings. The first kappa shape index (κ1) is 39.5. The Labute approximate surface area is 337 Å². The summed E-state index contributed by atoms with van der Waals surface area (Å²) in [6.07, 6.45) is 14.3. The summed E-state index contributed by atoms with van der Waals surface area (Å²) in [5, 5.41) is 10.4. The number of H-pyrrole nitrogens is 1. The molecule has 11 heteroatoms. The number of carbonyl (C=O) groups is 2. The van der Waals surface area contributed by atoms with Gasteiger partial charge in [0.1, 0.15) is 0 Å². The lowest BCUT2D eigenvalue weighted by Crippen LogP contribution is -2.30. The normalized spacial score (nSPS) is 10.3. The Morgan fingerprint density at radius 3 is 1.53 bits per heavy atom. The molecule has 0 unspecified atom stereocenters. The molecule has 284 valence electrons. The van der Waals surface area contributed by atoms with E-state index >= 15 is 0 Å². The van der Waals surface area contributed by atoms with Crippen LogP contribution in [0.4, 0.5) is 9.59 Å². The molecule has 0 bridgehead atoms. The van der Waals surface area contributed by atoms with Crippen molar-refractivity contribution in [1.82, 2.24) is 39.7 Å². The van der Waals surface area contributed by atoms with Crippen LogP contribution in [-0.2, 0) is 13.1 Å². The number of rotatable bonds is 8. The fraction of sp³-hybridized carbons (Fsp3) is 0.0870. The fourth-order valence-electron chi connectivity index (χ4n) is 5.89. The second kappa shape index (κ2) is 19.9. The third-order valence-electron chi connectivity index (χ3n) is 8.84. The summed E-state index contributed by atoms with van der Waals surface area (Å²) in [5.41, 5.74) is 10.8. The Morgan fingerprint density at radius 2 is 1.04 bits per heavy atom. The lowest BCUT2D eigenvalue weighted by Gasteiger charge is -2.17. The Hall–Kier alpha value is -7.17. The van der Waals surface area contributed by atoms with Crippen molar-refractivity contribution in [2.75, 3.05) is 14.1 Å². The van der Waals surface area contributed by atoms with E-state index < -0.39 is 5.37 Å². The number of nitrogens with zero attached hydrogens (tertiary/aromatic N) is 7. The molecule has 10 nitrogen and oxygen atoms in total. The first-order chi connectivity index (χ1) is 27.8. The highest BCUT2D eigenvalue weighted by atomic mass is 35.5. The molecular formula is C46H41ClN8O2. The van der Waals surface area contributed by atoms with Crippen molar-refractivity contribution in [2.24, 2.45) is 0 Å². The van der Waals surface area contributed by atoms with E-state index in [-0.39, 0.29) is 6.03 Å². The predicted octanol–water partition coefficient (Wildman–Crippen LogP) is 10.3. The number of nitrogens with one attached hydrogen (secondary N) is 1. The van der Waals surface area contributed by atoms with Crippen molar-refractivity contribution in [3.63, 3.8) is 0 Å². The highest BCUT2D eigenvalue weighted by molar-refractivity contribution is 6.62. The topological polar surface area (TPSA) is 113 Å². The van der Waals surface area contributed by atoms with Crippen molar-refractivity contribution in [3.05, 3.63) is 194 Å². The maximum Gasteiger partial charge on any atom is 0.344 e. The van der Waals surface area contributed by atoms with Gasteiger partial charge in [0.25, 0.3) is 0 Å². The summed E-state index contributed by atoms with van der Waals surface area (Å²) in [5.74, 6) is 0. The Balaban J connectivity index is 0.000000161. The van der Waals surface area contributed by atoms with E-state index in [0.29, 0.717) is 13.1 Å². The van der Waals surface area contributed by atoms with Crippen LogP contribution >= 0.6 is 11.6 Å². The maximum absolute atomic E-state index is 12.8. The van der Waals surface area contributed by atoms with Crippen LogP contribution in [0, 0.1) is 0 Å². The molecule has 0 saturated heterocycles. The molecule has 4 heterocycles. The van der Waals surface area contributed by atoms with Crippen LogP contribution in [0.2, 0.25) is 0 Å². The van der Waals surface area contributed by atoms with E-state index in [9.17, 15) is 9.59 Å². The lowest BCUT2D eigenvalue weighted by molar-refractivity contribution is 0.205. The minimum atomic E-state index is -0.454. The van der Waals surface area contributed by atoms with E-state index in [2.05, 4.69) is 49.5 Å². The highest BCUT2D eigenvalue weighted by Gasteiger charge is 2.14. The SMILES string of the molecule is CN(Cc1cccc(-c2ccncc2)c1)C(=O)Cl.CN(Cc1cccc(-c2ccncc2)c1)C(=O)n1cc(-c2ccccc2)cn1.c1ccc(-c2cn[nH]c2)cc1. The Kier molecular flexibility index (Phi) is 13.8. The van der Waals surface area contributed by atoms with Gasteiger partial charge in [-0.15, -0.1) is 0 Å². The van der Waals surface area contributed by atoms with Crippen molar-refractivity contribution in [2.45, 2.75) is 13.1 Å². The zero-order valence-electron chi connectivity index (χ0n) is 31.6. The molecule has 0 radical (unpaired) electrons. The molecule has 0 aliphatic heterocycles. The molecule has 0 saturated carbocycles. The van der Waals surface area contributed by atoms with Crippen molar-refractivity contribution in [3.8, 4) is 44.5 Å². The number of hydrogen-bond donors (Lipinski definition) is 1. The van der Waals surface area contributed by atoms with Gasteiger partial charge in [-0.25, -0.2) is 4.79 Å². The van der Waals surface area contributed by atoms with Crippen molar-refractivity contribution < 1.29 is 9.59 Å². The van der Waals surface area contributed by atoms with E-state index in [1.54, 1.807) is 56.2 Å². The number of pyridine rings is 2. The van der Waals surface area contributed by atoms with E-state index in [4.69, 9.17) is 11.6 Å².